The number of nitrogens with zero attached hydrogens (tertiary/aromatic N) is 2. The molecule has 2 N–H and O–H groups in total. The number of halogens is 2. The summed E-state index contributed by atoms with van der Waals surface area (Å²) < 4.78 is 6.89. The van der Waals surface area contributed by atoms with E-state index in [9.17, 15) is 0 Å². The molecule has 0 fully saturated rings. The maximum absolute atomic E-state index is 6.23. The molecule has 2 aromatic rings. The van der Waals surface area contributed by atoms with Crippen LogP contribution in [0, 0.1) is 0 Å². The van der Waals surface area contributed by atoms with Gasteiger partial charge in [-0.1, -0.05) is 29.3 Å². The minimum absolute atomic E-state index is 0.492. The van der Waals surface area contributed by atoms with Gasteiger partial charge in [-0.05, 0) is 12.1 Å². The largest absolute Gasteiger partial charge is 0.493 e. The maximum atomic E-state index is 6.23. The van der Waals surface area contributed by atoms with Gasteiger partial charge < -0.3 is 10.5 Å². The Kier molecular flexibility index (Phi) is 3.80. The van der Waals surface area contributed by atoms with E-state index in [1.54, 1.807) is 43.2 Å². The molecular weight excluding hydrogens is 273 g/mol. The molecule has 0 radical (unpaired) electrons. The van der Waals surface area contributed by atoms with Crippen molar-refractivity contribution in [2.24, 2.45) is 12.8 Å². The van der Waals surface area contributed by atoms with E-state index in [-0.39, 0.29) is 0 Å². The second-order valence-electron chi connectivity index (χ2n) is 3.83. The molecular formula is C12H13Cl2N3O. The van der Waals surface area contributed by atoms with E-state index >= 15 is 0 Å². The highest BCUT2D eigenvalue weighted by atomic mass is 35.5. The topological polar surface area (TPSA) is 53.1 Å². The lowest BCUT2D eigenvalue weighted by atomic mass is 10.0. The van der Waals surface area contributed by atoms with Crippen LogP contribution in [0.3, 0.4) is 0 Å². The average molecular weight is 286 g/mol. The normalized spacial score (nSPS) is 12.5. The number of hydrogen-bond donors (Lipinski definition) is 1. The van der Waals surface area contributed by atoms with Crippen LogP contribution in [0.4, 0.5) is 0 Å². The molecule has 0 amide bonds. The fraction of sp³-hybridized carbons (Fsp3) is 0.250. The van der Waals surface area contributed by atoms with E-state index in [1.807, 2.05) is 0 Å². The van der Waals surface area contributed by atoms with Crippen LogP contribution in [0.2, 0.25) is 10.0 Å². The number of nitrogens with two attached hydrogens (primary N) is 1. The Bertz CT molecular complexity index is 548. The summed E-state index contributed by atoms with van der Waals surface area (Å²) in [5.74, 6) is 0.612. The van der Waals surface area contributed by atoms with Crippen LogP contribution in [-0.4, -0.2) is 16.9 Å². The van der Waals surface area contributed by atoms with Crippen molar-refractivity contribution in [3.8, 4) is 5.75 Å². The second kappa shape index (κ2) is 5.18. The van der Waals surface area contributed by atoms with E-state index in [0.29, 0.717) is 21.4 Å². The number of ether oxygens (including phenoxy) is 1. The van der Waals surface area contributed by atoms with Gasteiger partial charge in [-0.15, -0.1) is 0 Å². The van der Waals surface area contributed by atoms with Gasteiger partial charge in [-0.2, -0.15) is 5.10 Å². The van der Waals surface area contributed by atoms with Gasteiger partial charge in [-0.3, -0.25) is 4.68 Å². The number of rotatable bonds is 3. The molecule has 0 bridgehead atoms. The highest BCUT2D eigenvalue weighted by Crippen LogP contribution is 2.35. The van der Waals surface area contributed by atoms with Crippen LogP contribution in [0.1, 0.15) is 17.3 Å². The second-order valence-corrected chi connectivity index (χ2v) is 4.65. The summed E-state index contributed by atoms with van der Waals surface area (Å²) in [5.41, 5.74) is 7.63. The van der Waals surface area contributed by atoms with Crippen molar-refractivity contribution in [1.29, 1.82) is 0 Å². The first kappa shape index (κ1) is 13.2. The minimum atomic E-state index is -0.492. The quantitative estimate of drug-likeness (QED) is 0.944. The molecule has 0 saturated carbocycles. The van der Waals surface area contributed by atoms with Gasteiger partial charge in [0.2, 0.25) is 0 Å². The summed E-state index contributed by atoms with van der Waals surface area (Å²) in [6, 6.07) is 4.80. The van der Waals surface area contributed by atoms with E-state index in [2.05, 4.69) is 5.10 Å². The van der Waals surface area contributed by atoms with Crippen LogP contribution in [0.25, 0.3) is 0 Å². The predicted octanol–water partition coefficient (Wildman–Crippen LogP) is 2.78. The SMILES string of the molecule is COc1cnn(C)c1C(N)c1c(Cl)cccc1Cl. The van der Waals surface area contributed by atoms with Gasteiger partial charge >= 0.3 is 0 Å². The van der Waals surface area contributed by atoms with E-state index < -0.39 is 6.04 Å². The number of aromatic nitrogens is 2. The van der Waals surface area contributed by atoms with Crippen molar-refractivity contribution in [2.75, 3.05) is 7.11 Å². The molecule has 18 heavy (non-hydrogen) atoms. The molecule has 1 atom stereocenters. The molecule has 96 valence electrons. The predicted molar refractivity (Wildman–Crippen MR) is 72.3 cm³/mol. The summed E-state index contributed by atoms with van der Waals surface area (Å²) in [4.78, 5) is 0. The summed E-state index contributed by atoms with van der Waals surface area (Å²) in [6.45, 7) is 0. The first-order valence-electron chi connectivity index (χ1n) is 5.31. The van der Waals surface area contributed by atoms with Crippen LogP contribution in [-0.2, 0) is 7.05 Å². The minimum Gasteiger partial charge on any atom is -0.493 e. The zero-order chi connectivity index (χ0) is 13.3. The first-order chi connectivity index (χ1) is 8.56. The summed E-state index contributed by atoms with van der Waals surface area (Å²) in [6.07, 6.45) is 1.61. The molecule has 1 unspecified atom stereocenters. The van der Waals surface area contributed by atoms with Gasteiger partial charge in [0, 0.05) is 22.7 Å². The molecule has 6 heteroatoms. The van der Waals surface area contributed by atoms with Crippen molar-refractivity contribution in [2.45, 2.75) is 6.04 Å². The van der Waals surface area contributed by atoms with Crippen molar-refractivity contribution in [1.82, 2.24) is 9.78 Å². The van der Waals surface area contributed by atoms with Gasteiger partial charge in [0.1, 0.15) is 5.69 Å². The van der Waals surface area contributed by atoms with Crippen LogP contribution in [0.15, 0.2) is 24.4 Å². The molecule has 1 aromatic carbocycles. The zero-order valence-corrected chi connectivity index (χ0v) is 11.5. The molecule has 0 spiro atoms. The van der Waals surface area contributed by atoms with Crippen LogP contribution >= 0.6 is 23.2 Å². The smallest absolute Gasteiger partial charge is 0.161 e. The molecule has 4 nitrogen and oxygen atoms in total. The third-order valence-electron chi connectivity index (χ3n) is 2.77. The summed E-state index contributed by atoms with van der Waals surface area (Å²) in [7, 11) is 3.36. The first-order valence-corrected chi connectivity index (χ1v) is 6.07. The van der Waals surface area contributed by atoms with Gasteiger partial charge in [0.05, 0.1) is 19.3 Å². The lowest BCUT2D eigenvalue weighted by Gasteiger charge is -2.17. The molecule has 2 rings (SSSR count). The standard InChI is InChI=1S/C12H13Cl2N3O/c1-17-12(9(18-2)6-16-17)11(15)10-7(13)4-3-5-8(10)14/h3-6,11H,15H2,1-2H3. The molecule has 0 aliphatic carbocycles. The molecule has 1 aromatic heterocycles. The average Bonchev–Trinajstić information content (AvgIpc) is 2.70. The highest BCUT2D eigenvalue weighted by Gasteiger charge is 2.22. The van der Waals surface area contributed by atoms with Gasteiger partial charge in [0.25, 0.3) is 0 Å². The Morgan fingerprint density at radius 2 is 1.94 bits per heavy atom. The van der Waals surface area contributed by atoms with Crippen molar-refractivity contribution < 1.29 is 4.74 Å². The fourth-order valence-corrected chi connectivity index (χ4v) is 2.52. The fourth-order valence-electron chi connectivity index (χ4n) is 1.88. The molecule has 0 saturated heterocycles. The summed E-state index contributed by atoms with van der Waals surface area (Å²) >= 11 is 12.3. The van der Waals surface area contributed by atoms with E-state index in [4.69, 9.17) is 33.7 Å². The lowest BCUT2D eigenvalue weighted by molar-refractivity contribution is 0.406. The van der Waals surface area contributed by atoms with E-state index in [1.165, 1.54) is 0 Å². The lowest BCUT2D eigenvalue weighted by Crippen LogP contribution is -2.17. The molecule has 0 aliphatic heterocycles. The highest BCUT2D eigenvalue weighted by molar-refractivity contribution is 6.36. The Morgan fingerprint density at radius 1 is 1.33 bits per heavy atom. The van der Waals surface area contributed by atoms with Crippen LogP contribution < -0.4 is 10.5 Å². The van der Waals surface area contributed by atoms with Crippen molar-refractivity contribution >= 4 is 23.2 Å². The maximum Gasteiger partial charge on any atom is 0.161 e. The monoisotopic (exact) mass is 285 g/mol. The van der Waals surface area contributed by atoms with Crippen molar-refractivity contribution in [3.05, 3.63) is 45.7 Å². The third-order valence-corrected chi connectivity index (χ3v) is 3.43. The Morgan fingerprint density at radius 3 is 2.50 bits per heavy atom. The number of methoxy groups -OCH3 is 1. The van der Waals surface area contributed by atoms with Crippen LogP contribution in [0.5, 0.6) is 5.75 Å². The van der Waals surface area contributed by atoms with Gasteiger partial charge in [0.15, 0.2) is 5.75 Å². The zero-order valence-electron chi connectivity index (χ0n) is 10.0. The third kappa shape index (κ3) is 2.19. The van der Waals surface area contributed by atoms with Gasteiger partial charge in [-0.25, -0.2) is 0 Å². The Balaban J connectivity index is 2.54. The summed E-state index contributed by atoms with van der Waals surface area (Å²) in [5, 5.41) is 5.17. The number of hydrogen-bond acceptors (Lipinski definition) is 3. The molecule has 0 aliphatic rings. The Hall–Kier alpha value is -1.23. The Labute approximate surface area is 115 Å². The molecule has 1 heterocycles. The number of aryl methyl sites for hydroxylation is 1. The van der Waals surface area contributed by atoms with E-state index in [0.717, 1.165) is 5.69 Å². The van der Waals surface area contributed by atoms with Crippen molar-refractivity contribution in [3.63, 3.8) is 0 Å². The number of benzene rings is 1.